The number of phenolic OH excluding ortho intramolecular Hbond substituents is 1. The number of carbonyl (C=O) groups is 2. The van der Waals surface area contributed by atoms with E-state index in [1.807, 2.05) is 109 Å². The number of halogens is 2. The highest BCUT2D eigenvalue weighted by Crippen LogP contribution is 2.49. The van der Waals surface area contributed by atoms with E-state index in [0.29, 0.717) is 21.4 Å². The summed E-state index contributed by atoms with van der Waals surface area (Å²) in [6.07, 6.45) is 5.58. The minimum absolute atomic E-state index is 0.00531. The fraction of sp³-hybridized carbons (Fsp3) is 0.200. The van der Waals surface area contributed by atoms with Crippen molar-refractivity contribution in [3.8, 4) is 61.8 Å². The van der Waals surface area contributed by atoms with Gasteiger partial charge in [-0.15, -0.1) is 0 Å². The van der Waals surface area contributed by atoms with Crippen LogP contribution >= 0.6 is 23.2 Å². The first-order chi connectivity index (χ1) is 33.2. The van der Waals surface area contributed by atoms with E-state index in [1.165, 1.54) is 17.5 Å². The molecule has 0 unspecified atom stereocenters. The smallest absolute Gasteiger partial charge is 0.317 e. The van der Waals surface area contributed by atoms with Crippen molar-refractivity contribution in [2.45, 2.75) is 66.5 Å². The Balaban J connectivity index is 0.858. The normalized spacial score (nSPS) is 14.5. The first kappa shape index (κ1) is 45.7. The third-order valence-corrected chi connectivity index (χ3v) is 13.7. The molecule has 6 aromatic carbocycles. The van der Waals surface area contributed by atoms with Crippen molar-refractivity contribution in [3.63, 3.8) is 0 Å². The summed E-state index contributed by atoms with van der Waals surface area (Å²) >= 11 is 12.7. The topological polar surface area (TPSA) is 82.7 Å². The lowest BCUT2D eigenvalue weighted by molar-refractivity contribution is -0.134. The zero-order chi connectivity index (χ0) is 48.0. The second-order valence-corrected chi connectivity index (χ2v) is 20.7. The first-order valence-corrected chi connectivity index (χ1v) is 24.1. The number of hydrogen-bond acceptors (Lipinski definition) is 5. The van der Waals surface area contributed by atoms with Gasteiger partial charge in [0.25, 0.3) is 0 Å². The van der Waals surface area contributed by atoms with Gasteiger partial charge in [-0.3, -0.25) is 9.59 Å². The van der Waals surface area contributed by atoms with Gasteiger partial charge in [0.1, 0.15) is 17.2 Å². The monoisotopic (exact) mass is 950 g/mol. The van der Waals surface area contributed by atoms with Crippen molar-refractivity contribution in [2.75, 3.05) is 0 Å². The minimum Gasteiger partial charge on any atom is -0.508 e. The van der Waals surface area contributed by atoms with Crippen LogP contribution in [-0.4, -0.2) is 26.2 Å². The minimum atomic E-state index is -0.441. The highest BCUT2D eigenvalue weighted by molar-refractivity contribution is 6.31. The van der Waals surface area contributed by atoms with E-state index < -0.39 is 5.97 Å². The van der Waals surface area contributed by atoms with Crippen LogP contribution in [0.3, 0.4) is 0 Å². The Kier molecular flexibility index (Phi) is 12.2. The van der Waals surface area contributed by atoms with Gasteiger partial charge in [0, 0.05) is 74.2 Å². The van der Waals surface area contributed by atoms with Crippen LogP contribution in [-0.2, 0) is 48.4 Å². The SMILES string of the molecule is CC1(C)Cc2c(-c3ccccc3)c(-c3ccc(Cl)cc3)c(CC(=O)Oc3ccc(C=Cc4cc(O)cc(OC(=O)Cc5c(-c6ccc(Cl)cc6)c(-c6ccccc6)c6n5CC(C)(C)C6)c4)cc3)n2C1. The molecular formula is C60H52Cl2N2O5. The molecule has 346 valence electrons. The largest absolute Gasteiger partial charge is 0.508 e. The summed E-state index contributed by atoms with van der Waals surface area (Å²) in [5.74, 6) is -0.167. The lowest BCUT2D eigenvalue weighted by Gasteiger charge is -2.19. The van der Waals surface area contributed by atoms with Crippen LogP contribution in [0.5, 0.6) is 17.2 Å². The van der Waals surface area contributed by atoms with Gasteiger partial charge in [0.2, 0.25) is 0 Å². The van der Waals surface area contributed by atoms with Crippen molar-refractivity contribution in [1.29, 1.82) is 0 Å². The average Bonchev–Trinajstić information content (AvgIpc) is 3.99. The fourth-order valence-electron chi connectivity index (χ4n) is 10.3. The number of aromatic hydroxyl groups is 1. The number of benzene rings is 6. The second kappa shape index (κ2) is 18.4. The number of nitrogens with zero attached hydrogens (tertiary/aromatic N) is 2. The molecule has 0 fully saturated rings. The maximum absolute atomic E-state index is 14.0. The van der Waals surface area contributed by atoms with Crippen molar-refractivity contribution in [1.82, 2.24) is 9.13 Å². The summed E-state index contributed by atoms with van der Waals surface area (Å²) in [4.78, 5) is 27.8. The molecule has 2 aromatic heterocycles. The molecule has 9 heteroatoms. The lowest BCUT2D eigenvalue weighted by Crippen LogP contribution is -2.18. The standard InChI is InChI=1S/C60H52Cl2N2O5/c1-59(2)34-51-57(40-11-7-5-8-12-40)55(42-19-23-44(61)24-20-42)49(63(51)36-59)32-53(66)68-47-27-17-38(18-28-47)15-16-39-29-46(65)31-48(30-39)69-54(67)33-50-56(43-21-25-45(62)26-22-43)58(41-13-9-6-10-14-41)52-35-60(3,4)37-64(50)52/h5-31,65H,32-37H2,1-4H3. The van der Waals surface area contributed by atoms with E-state index in [0.717, 1.165) is 87.4 Å². The molecule has 0 atom stereocenters. The molecule has 4 heterocycles. The van der Waals surface area contributed by atoms with Gasteiger partial charge in [0.05, 0.1) is 12.8 Å². The Morgan fingerprint density at radius 1 is 0.522 bits per heavy atom. The molecule has 0 saturated heterocycles. The highest BCUT2D eigenvalue weighted by Gasteiger charge is 2.38. The fourth-order valence-corrected chi connectivity index (χ4v) is 10.6. The van der Waals surface area contributed by atoms with Crippen LogP contribution in [0.1, 0.15) is 61.6 Å². The molecule has 8 aromatic rings. The third kappa shape index (κ3) is 9.67. The summed E-state index contributed by atoms with van der Waals surface area (Å²) in [6, 6.07) is 48.3. The van der Waals surface area contributed by atoms with Gasteiger partial charge < -0.3 is 23.7 Å². The van der Waals surface area contributed by atoms with Gasteiger partial charge in [-0.05, 0) is 106 Å². The molecule has 0 amide bonds. The van der Waals surface area contributed by atoms with E-state index in [-0.39, 0.29) is 41.1 Å². The van der Waals surface area contributed by atoms with E-state index in [4.69, 9.17) is 32.7 Å². The molecule has 0 bridgehead atoms. The van der Waals surface area contributed by atoms with Crippen LogP contribution in [0, 0.1) is 10.8 Å². The Hall–Kier alpha value is -7.06. The Bertz CT molecular complexity index is 3260. The van der Waals surface area contributed by atoms with Crippen LogP contribution in [0.2, 0.25) is 10.0 Å². The van der Waals surface area contributed by atoms with E-state index >= 15 is 0 Å². The quantitative estimate of drug-likeness (QED) is 0.0749. The van der Waals surface area contributed by atoms with Crippen molar-refractivity contribution >= 4 is 47.3 Å². The van der Waals surface area contributed by atoms with Crippen LogP contribution in [0.4, 0.5) is 0 Å². The maximum Gasteiger partial charge on any atom is 0.317 e. The average molecular weight is 952 g/mol. The van der Waals surface area contributed by atoms with E-state index in [1.54, 1.807) is 24.3 Å². The second-order valence-electron chi connectivity index (χ2n) is 19.9. The molecule has 0 radical (unpaired) electrons. The molecular weight excluding hydrogens is 900 g/mol. The van der Waals surface area contributed by atoms with Crippen molar-refractivity contribution in [2.24, 2.45) is 10.8 Å². The molecule has 10 rings (SSSR count). The molecule has 7 nitrogen and oxygen atoms in total. The predicted molar refractivity (Wildman–Crippen MR) is 278 cm³/mol. The summed E-state index contributed by atoms with van der Waals surface area (Å²) in [7, 11) is 0. The van der Waals surface area contributed by atoms with Gasteiger partial charge >= 0.3 is 11.9 Å². The number of fused-ring (bicyclic) bond motifs is 2. The zero-order valence-corrected chi connectivity index (χ0v) is 40.6. The Morgan fingerprint density at radius 2 is 0.942 bits per heavy atom. The van der Waals surface area contributed by atoms with Gasteiger partial charge in [-0.1, -0.05) is 160 Å². The molecule has 0 aliphatic carbocycles. The summed E-state index contributed by atoms with van der Waals surface area (Å²) in [5.41, 5.74) is 14.2. The number of esters is 2. The number of phenols is 1. The van der Waals surface area contributed by atoms with Crippen LogP contribution in [0.25, 0.3) is 56.7 Å². The van der Waals surface area contributed by atoms with Crippen LogP contribution < -0.4 is 9.47 Å². The molecule has 0 saturated carbocycles. The lowest BCUT2D eigenvalue weighted by atomic mass is 9.86. The summed E-state index contributed by atoms with van der Waals surface area (Å²) in [6.45, 7) is 10.6. The predicted octanol–water partition coefficient (Wildman–Crippen LogP) is 14.6. The molecule has 0 spiro atoms. The van der Waals surface area contributed by atoms with E-state index in [9.17, 15) is 14.7 Å². The number of aromatic nitrogens is 2. The summed E-state index contributed by atoms with van der Waals surface area (Å²) in [5, 5.41) is 12.1. The van der Waals surface area contributed by atoms with Crippen molar-refractivity contribution in [3.05, 3.63) is 196 Å². The van der Waals surface area contributed by atoms with Crippen molar-refractivity contribution < 1.29 is 24.2 Å². The highest BCUT2D eigenvalue weighted by atomic mass is 35.5. The first-order valence-electron chi connectivity index (χ1n) is 23.3. The molecule has 2 aliphatic rings. The number of rotatable bonds is 12. The zero-order valence-electron chi connectivity index (χ0n) is 39.1. The number of ether oxygens (including phenoxy) is 2. The number of carbonyl (C=O) groups excluding carboxylic acids is 2. The molecule has 2 aliphatic heterocycles. The Morgan fingerprint density at radius 3 is 1.41 bits per heavy atom. The van der Waals surface area contributed by atoms with E-state index in [2.05, 4.69) is 61.1 Å². The summed E-state index contributed by atoms with van der Waals surface area (Å²) < 4.78 is 16.6. The third-order valence-electron chi connectivity index (χ3n) is 13.2. The molecule has 1 N–H and O–H groups in total. The van der Waals surface area contributed by atoms with Gasteiger partial charge in [-0.25, -0.2) is 0 Å². The van der Waals surface area contributed by atoms with Crippen LogP contribution in [0.15, 0.2) is 152 Å². The Labute approximate surface area is 413 Å². The molecule has 69 heavy (non-hydrogen) atoms. The number of hydrogen-bond donors (Lipinski definition) is 1. The van der Waals surface area contributed by atoms with Gasteiger partial charge in [-0.2, -0.15) is 0 Å². The van der Waals surface area contributed by atoms with Gasteiger partial charge in [0.15, 0.2) is 0 Å². The maximum atomic E-state index is 14.0.